The van der Waals surface area contributed by atoms with Crippen molar-refractivity contribution < 1.29 is 13.9 Å². The first-order chi connectivity index (χ1) is 18.5. The van der Waals surface area contributed by atoms with Gasteiger partial charge in [-0.15, -0.1) is 0 Å². The highest BCUT2D eigenvalue weighted by Gasteiger charge is 2.39. The Labute approximate surface area is 227 Å². The van der Waals surface area contributed by atoms with Gasteiger partial charge in [-0.1, -0.05) is 20.4 Å². The van der Waals surface area contributed by atoms with Gasteiger partial charge in [0.05, 0.1) is 35.6 Å². The van der Waals surface area contributed by atoms with Crippen LogP contribution in [0.4, 0.5) is 39.0 Å². The lowest BCUT2D eigenvalue weighted by Crippen LogP contribution is -2.29. The molecule has 0 saturated heterocycles. The van der Waals surface area contributed by atoms with Crippen LogP contribution in [0.2, 0.25) is 0 Å². The number of anilines is 6. The van der Waals surface area contributed by atoms with Crippen molar-refractivity contribution in [3.05, 3.63) is 54.9 Å². The number of carbonyl (C=O) groups excluding carboxylic acids is 1. The number of ether oxygens (including phenoxy) is 1. The molecule has 0 fully saturated rings. The van der Waals surface area contributed by atoms with Crippen molar-refractivity contribution in [1.82, 2.24) is 24.8 Å². The highest BCUT2D eigenvalue weighted by atomic mass is 19.1. The number of benzene rings is 1. The number of aromatic nitrogens is 4. The average molecular weight is 536 g/mol. The molecule has 0 atom stereocenters. The minimum atomic E-state index is -0.524. The van der Waals surface area contributed by atoms with Gasteiger partial charge in [-0.2, -0.15) is 9.37 Å². The van der Waals surface area contributed by atoms with Crippen LogP contribution in [0.1, 0.15) is 19.5 Å². The van der Waals surface area contributed by atoms with Gasteiger partial charge in [-0.05, 0) is 38.4 Å². The van der Waals surface area contributed by atoms with Crippen molar-refractivity contribution in [1.29, 1.82) is 0 Å². The van der Waals surface area contributed by atoms with Crippen LogP contribution in [-0.2, 0) is 10.2 Å². The second kappa shape index (κ2) is 11.2. The van der Waals surface area contributed by atoms with E-state index in [9.17, 15) is 9.18 Å². The third-order valence-electron chi connectivity index (χ3n) is 6.43. The van der Waals surface area contributed by atoms with Crippen LogP contribution in [-0.4, -0.2) is 78.6 Å². The molecule has 2 aromatic heterocycles. The van der Waals surface area contributed by atoms with Gasteiger partial charge < -0.3 is 30.1 Å². The minimum Gasteiger partial charge on any atom is -0.494 e. The number of amides is 1. The first-order valence-electron chi connectivity index (χ1n) is 12.4. The van der Waals surface area contributed by atoms with Crippen molar-refractivity contribution in [3.63, 3.8) is 0 Å². The van der Waals surface area contributed by atoms with Gasteiger partial charge in [0.25, 0.3) is 0 Å². The first kappa shape index (κ1) is 27.7. The Morgan fingerprint density at radius 3 is 2.64 bits per heavy atom. The number of halogens is 1. The third kappa shape index (κ3) is 6.06. The molecule has 1 aromatic carbocycles. The predicted molar refractivity (Wildman–Crippen MR) is 151 cm³/mol. The van der Waals surface area contributed by atoms with Crippen molar-refractivity contribution in [2.45, 2.75) is 19.3 Å². The molecule has 0 unspecified atom stereocenters. The number of carbonyl (C=O) groups is 1. The number of nitrogens with one attached hydrogen (secondary N) is 2. The molecule has 3 heterocycles. The van der Waals surface area contributed by atoms with Crippen molar-refractivity contribution in [2.75, 3.05) is 68.3 Å². The Morgan fingerprint density at radius 1 is 1.18 bits per heavy atom. The molecule has 206 valence electrons. The van der Waals surface area contributed by atoms with Crippen molar-refractivity contribution in [3.8, 4) is 5.75 Å². The zero-order valence-corrected chi connectivity index (χ0v) is 23.1. The largest absolute Gasteiger partial charge is 0.494 e. The van der Waals surface area contributed by atoms with Crippen LogP contribution in [0.15, 0.2) is 43.2 Å². The van der Waals surface area contributed by atoms with E-state index >= 15 is 0 Å². The molecule has 1 amide bonds. The van der Waals surface area contributed by atoms with Gasteiger partial charge in [0, 0.05) is 38.2 Å². The average Bonchev–Trinajstić information content (AvgIpc) is 3.17. The number of hydrogen-bond acceptors (Lipinski definition) is 10. The van der Waals surface area contributed by atoms with Crippen LogP contribution in [0.25, 0.3) is 0 Å². The van der Waals surface area contributed by atoms with Crippen LogP contribution in [0.5, 0.6) is 5.75 Å². The maximum atomic E-state index is 13.9. The molecule has 11 nitrogen and oxygen atoms in total. The molecule has 1 aliphatic heterocycles. The number of rotatable bonds is 10. The van der Waals surface area contributed by atoms with E-state index in [4.69, 9.17) is 4.74 Å². The minimum absolute atomic E-state index is 0.273. The van der Waals surface area contributed by atoms with E-state index in [0.29, 0.717) is 35.3 Å². The first-order valence-corrected chi connectivity index (χ1v) is 12.4. The van der Waals surface area contributed by atoms with Crippen LogP contribution in [0, 0.1) is 5.95 Å². The number of pyridine rings is 1. The van der Waals surface area contributed by atoms with Gasteiger partial charge in [-0.25, -0.2) is 15.0 Å². The topological polar surface area (TPSA) is 112 Å². The van der Waals surface area contributed by atoms with Crippen LogP contribution < -0.4 is 25.2 Å². The molecule has 0 bridgehead atoms. The summed E-state index contributed by atoms with van der Waals surface area (Å²) in [4.78, 5) is 35.6. The molecular weight excluding hydrogens is 501 g/mol. The van der Waals surface area contributed by atoms with Crippen molar-refractivity contribution >= 4 is 40.6 Å². The van der Waals surface area contributed by atoms with Crippen LogP contribution >= 0.6 is 0 Å². The second-order valence-corrected chi connectivity index (χ2v) is 10.2. The smallest absolute Gasteiger partial charge is 0.247 e. The summed E-state index contributed by atoms with van der Waals surface area (Å²) in [7, 11) is 7.52. The van der Waals surface area contributed by atoms with Gasteiger partial charge >= 0.3 is 0 Å². The van der Waals surface area contributed by atoms with Gasteiger partial charge in [0.2, 0.25) is 23.8 Å². The monoisotopic (exact) mass is 535 g/mol. The summed E-state index contributed by atoms with van der Waals surface area (Å²) in [6.45, 7) is 9.63. The Hall–Kier alpha value is -4.32. The molecule has 0 aliphatic carbocycles. The van der Waals surface area contributed by atoms with Crippen molar-refractivity contribution in [2.24, 2.45) is 0 Å². The molecule has 1 aliphatic rings. The van der Waals surface area contributed by atoms with E-state index in [0.717, 1.165) is 24.5 Å². The molecule has 2 N–H and O–H groups in total. The number of nitrogens with zero attached hydrogens (tertiary/aromatic N) is 7. The summed E-state index contributed by atoms with van der Waals surface area (Å²) in [5, 5.41) is 6.08. The maximum absolute atomic E-state index is 13.9. The SMILES string of the molecule is C=CC(=O)Nc1cc(Nc2ncnc(N3CC(C)(C)c4nc(F)ccc43)n2)c(OC)cc1N(C)CCN(C)C. The van der Waals surface area contributed by atoms with E-state index < -0.39 is 11.4 Å². The zero-order valence-electron chi connectivity index (χ0n) is 23.1. The van der Waals surface area contributed by atoms with E-state index in [1.807, 2.05) is 50.9 Å². The Kier molecular flexibility index (Phi) is 7.95. The van der Waals surface area contributed by atoms with Crippen LogP contribution in [0.3, 0.4) is 0 Å². The van der Waals surface area contributed by atoms with E-state index in [-0.39, 0.29) is 11.9 Å². The standard InChI is InChI=1S/C27H34FN9O2/c1-8-23(38)31-17-13-18(21(39-7)14-20(17)36(6)12-11-35(4)5)32-25-29-16-30-26(34-25)37-15-27(2,3)24-19(37)9-10-22(28)33-24/h8-10,13-14,16H,1,11-12,15H2,2-7H3,(H,31,38)(H,29,30,32,34). The third-order valence-corrected chi connectivity index (χ3v) is 6.43. The molecule has 0 radical (unpaired) electrons. The highest BCUT2D eigenvalue weighted by molar-refractivity contribution is 6.02. The lowest BCUT2D eigenvalue weighted by Gasteiger charge is -2.26. The fraction of sp³-hybridized carbons (Fsp3) is 0.370. The lowest BCUT2D eigenvalue weighted by molar-refractivity contribution is -0.111. The molecule has 3 aromatic rings. The van der Waals surface area contributed by atoms with Gasteiger partial charge in [-0.3, -0.25) is 4.79 Å². The molecule has 39 heavy (non-hydrogen) atoms. The normalized spacial score (nSPS) is 13.7. The number of likely N-dealkylation sites (N-methyl/N-ethyl adjacent to an activating group) is 2. The maximum Gasteiger partial charge on any atom is 0.247 e. The Balaban J connectivity index is 1.68. The highest BCUT2D eigenvalue weighted by Crippen LogP contribution is 2.42. The zero-order chi connectivity index (χ0) is 28.3. The van der Waals surface area contributed by atoms with Gasteiger partial charge in [0.1, 0.15) is 12.1 Å². The summed E-state index contributed by atoms with van der Waals surface area (Å²) >= 11 is 0. The molecule has 0 saturated carbocycles. The Bertz CT molecular complexity index is 1380. The molecular formula is C27H34FN9O2. The summed E-state index contributed by atoms with van der Waals surface area (Å²) < 4.78 is 19.6. The number of fused-ring (bicyclic) bond motifs is 1. The van der Waals surface area contributed by atoms with E-state index in [2.05, 4.69) is 42.0 Å². The molecule has 12 heteroatoms. The van der Waals surface area contributed by atoms with Gasteiger partial charge in [0.15, 0.2) is 0 Å². The summed E-state index contributed by atoms with van der Waals surface area (Å²) in [5.41, 5.74) is 2.90. The molecule has 4 rings (SSSR count). The number of hydrogen-bond donors (Lipinski definition) is 2. The summed E-state index contributed by atoms with van der Waals surface area (Å²) in [6, 6.07) is 6.63. The predicted octanol–water partition coefficient (Wildman–Crippen LogP) is 3.71. The lowest BCUT2D eigenvalue weighted by atomic mass is 9.91. The summed E-state index contributed by atoms with van der Waals surface area (Å²) in [5.74, 6) is 0.342. The van der Waals surface area contributed by atoms with E-state index in [1.54, 1.807) is 19.2 Å². The quantitative estimate of drug-likeness (QED) is 0.294. The number of methoxy groups -OCH3 is 1. The fourth-order valence-corrected chi connectivity index (χ4v) is 4.38. The second-order valence-electron chi connectivity index (χ2n) is 10.2. The van der Waals surface area contributed by atoms with E-state index in [1.165, 1.54) is 18.5 Å². The molecule has 0 spiro atoms. The fourth-order valence-electron chi connectivity index (χ4n) is 4.38. The Morgan fingerprint density at radius 2 is 1.95 bits per heavy atom. The summed E-state index contributed by atoms with van der Waals surface area (Å²) in [6.07, 6.45) is 2.62.